The number of hydrogen-bond acceptors (Lipinski definition) is 5. The highest BCUT2D eigenvalue weighted by Gasteiger charge is 2.23. The van der Waals surface area contributed by atoms with Gasteiger partial charge in [-0.25, -0.2) is 0 Å². The van der Waals surface area contributed by atoms with Crippen LogP contribution in [0.25, 0.3) is 0 Å². The molecule has 1 saturated heterocycles. The summed E-state index contributed by atoms with van der Waals surface area (Å²) in [4.78, 5) is 2.05. The average Bonchev–Trinajstić information content (AvgIpc) is 2.46. The number of morpholine rings is 1. The minimum atomic E-state index is -0.599. The smallest absolute Gasteiger partial charge is 0.0992 e. The van der Waals surface area contributed by atoms with E-state index in [1.807, 2.05) is 4.90 Å². The third-order valence-corrected chi connectivity index (χ3v) is 3.29. The molecule has 19 heavy (non-hydrogen) atoms. The van der Waals surface area contributed by atoms with Crippen LogP contribution in [0.15, 0.2) is 18.2 Å². The maximum absolute atomic E-state index is 9.83. The van der Waals surface area contributed by atoms with Crippen molar-refractivity contribution in [2.75, 3.05) is 31.2 Å². The second-order valence-electron chi connectivity index (χ2n) is 4.68. The lowest BCUT2D eigenvalue weighted by Crippen LogP contribution is -2.44. The van der Waals surface area contributed by atoms with Gasteiger partial charge in [0.15, 0.2) is 0 Å². The lowest BCUT2D eigenvalue weighted by molar-refractivity contribution is 0.00343. The lowest BCUT2D eigenvalue weighted by Gasteiger charge is -2.35. The Kier molecular flexibility index (Phi) is 4.38. The highest BCUT2D eigenvalue weighted by molar-refractivity contribution is 5.58. The van der Waals surface area contributed by atoms with Gasteiger partial charge in [0.05, 0.1) is 37.1 Å². The summed E-state index contributed by atoms with van der Waals surface area (Å²) in [5, 5.41) is 28.0. The Morgan fingerprint density at radius 2 is 2.37 bits per heavy atom. The van der Waals surface area contributed by atoms with Crippen molar-refractivity contribution in [3.8, 4) is 6.07 Å². The number of aliphatic hydroxyl groups is 2. The first-order chi connectivity index (χ1) is 9.15. The number of rotatable bonds is 3. The molecule has 102 valence electrons. The molecule has 1 aliphatic heterocycles. The van der Waals surface area contributed by atoms with E-state index < -0.39 is 6.10 Å². The number of nitriles is 1. The summed E-state index contributed by atoms with van der Waals surface area (Å²) in [6, 6.07) is 7.37. The van der Waals surface area contributed by atoms with Crippen LogP contribution < -0.4 is 4.90 Å². The van der Waals surface area contributed by atoms with Crippen LogP contribution in [-0.2, 0) is 4.74 Å². The summed E-state index contributed by atoms with van der Waals surface area (Å²) in [5.41, 5.74) is 2.19. The Morgan fingerprint density at radius 1 is 1.58 bits per heavy atom. The highest BCUT2D eigenvalue weighted by atomic mass is 16.5. The zero-order chi connectivity index (χ0) is 13.8. The lowest BCUT2D eigenvalue weighted by atomic mass is 10.0. The van der Waals surface area contributed by atoms with E-state index in [0.29, 0.717) is 25.3 Å². The molecule has 0 amide bonds. The third kappa shape index (κ3) is 3.04. The molecule has 1 unspecified atom stereocenters. The monoisotopic (exact) mass is 262 g/mol. The fraction of sp³-hybridized carbons (Fsp3) is 0.500. The Balaban J connectivity index is 2.33. The van der Waals surface area contributed by atoms with Crippen LogP contribution in [0, 0.1) is 11.3 Å². The van der Waals surface area contributed by atoms with Crippen molar-refractivity contribution in [2.45, 2.75) is 19.1 Å². The topological polar surface area (TPSA) is 76.7 Å². The van der Waals surface area contributed by atoms with E-state index in [9.17, 15) is 10.2 Å². The van der Waals surface area contributed by atoms with Crippen molar-refractivity contribution in [1.29, 1.82) is 5.26 Å². The van der Waals surface area contributed by atoms with Gasteiger partial charge < -0.3 is 19.8 Å². The van der Waals surface area contributed by atoms with Gasteiger partial charge >= 0.3 is 0 Å². The third-order valence-electron chi connectivity index (χ3n) is 3.29. The number of anilines is 1. The normalized spacial score (nSPS) is 20.9. The molecule has 0 saturated carbocycles. The fourth-order valence-corrected chi connectivity index (χ4v) is 2.29. The minimum absolute atomic E-state index is 0.0293. The van der Waals surface area contributed by atoms with E-state index in [-0.39, 0.29) is 12.7 Å². The Morgan fingerprint density at radius 3 is 3.00 bits per heavy atom. The molecular formula is C14H18N2O3. The van der Waals surface area contributed by atoms with E-state index in [1.54, 1.807) is 25.1 Å². The van der Waals surface area contributed by atoms with Crippen molar-refractivity contribution in [3.63, 3.8) is 0 Å². The first-order valence-corrected chi connectivity index (χ1v) is 6.35. The average molecular weight is 262 g/mol. The number of nitrogens with zero attached hydrogens (tertiary/aromatic N) is 2. The number of ether oxygens (including phenoxy) is 1. The van der Waals surface area contributed by atoms with E-state index in [4.69, 9.17) is 10.00 Å². The van der Waals surface area contributed by atoms with Gasteiger partial charge in [0.2, 0.25) is 0 Å². The molecule has 2 atom stereocenters. The first kappa shape index (κ1) is 13.8. The van der Waals surface area contributed by atoms with Gasteiger partial charge in [-0.3, -0.25) is 0 Å². The van der Waals surface area contributed by atoms with E-state index in [2.05, 4.69) is 6.07 Å². The SMILES string of the molecule is C[C@H](O)c1ccc(C#N)cc1N1CCOC(CO)C1. The first-order valence-electron chi connectivity index (χ1n) is 6.35. The maximum atomic E-state index is 9.83. The molecule has 0 spiro atoms. The van der Waals surface area contributed by atoms with Crippen LogP contribution in [0.1, 0.15) is 24.2 Å². The zero-order valence-corrected chi connectivity index (χ0v) is 10.9. The quantitative estimate of drug-likeness (QED) is 0.843. The summed E-state index contributed by atoms with van der Waals surface area (Å²) >= 11 is 0. The molecule has 1 aromatic carbocycles. The molecule has 2 N–H and O–H groups in total. The maximum Gasteiger partial charge on any atom is 0.0992 e. The summed E-state index contributed by atoms with van der Waals surface area (Å²) in [5.74, 6) is 0. The Bertz CT molecular complexity index is 482. The van der Waals surface area contributed by atoms with Crippen molar-refractivity contribution in [2.24, 2.45) is 0 Å². The van der Waals surface area contributed by atoms with Crippen LogP contribution in [0.5, 0.6) is 0 Å². The van der Waals surface area contributed by atoms with Crippen LogP contribution in [0.3, 0.4) is 0 Å². The summed E-state index contributed by atoms with van der Waals surface area (Å²) < 4.78 is 5.42. The van der Waals surface area contributed by atoms with Crippen molar-refractivity contribution < 1.29 is 14.9 Å². The van der Waals surface area contributed by atoms with Gasteiger partial charge in [-0.1, -0.05) is 6.07 Å². The van der Waals surface area contributed by atoms with Crippen LogP contribution >= 0.6 is 0 Å². The van der Waals surface area contributed by atoms with E-state index in [0.717, 1.165) is 11.3 Å². The van der Waals surface area contributed by atoms with Crippen molar-refractivity contribution in [1.82, 2.24) is 0 Å². The zero-order valence-electron chi connectivity index (χ0n) is 10.9. The molecule has 1 heterocycles. The molecule has 0 radical (unpaired) electrons. The van der Waals surface area contributed by atoms with Gasteiger partial charge in [0, 0.05) is 24.3 Å². The summed E-state index contributed by atoms with van der Waals surface area (Å²) in [6.45, 7) is 3.45. The standard InChI is InChI=1S/C14H18N2O3/c1-10(18)13-3-2-11(7-15)6-14(13)16-4-5-19-12(8-16)9-17/h2-3,6,10,12,17-18H,4-5,8-9H2,1H3/t10-,12?/m0/s1. The predicted octanol–water partition coefficient (Wildman–Crippen LogP) is 0.809. The molecule has 1 fully saturated rings. The molecule has 0 bridgehead atoms. The fourth-order valence-electron chi connectivity index (χ4n) is 2.29. The molecule has 5 heteroatoms. The number of aliphatic hydroxyl groups excluding tert-OH is 2. The largest absolute Gasteiger partial charge is 0.394 e. The second kappa shape index (κ2) is 6.02. The molecule has 2 rings (SSSR count). The summed E-state index contributed by atoms with van der Waals surface area (Å²) in [7, 11) is 0. The van der Waals surface area contributed by atoms with Crippen LogP contribution in [0.4, 0.5) is 5.69 Å². The second-order valence-corrected chi connectivity index (χ2v) is 4.68. The predicted molar refractivity (Wildman–Crippen MR) is 70.8 cm³/mol. The van der Waals surface area contributed by atoms with Crippen LogP contribution in [-0.4, -0.2) is 42.6 Å². The Labute approximate surface area is 112 Å². The van der Waals surface area contributed by atoms with E-state index >= 15 is 0 Å². The summed E-state index contributed by atoms with van der Waals surface area (Å²) in [6.07, 6.45) is -0.820. The van der Waals surface area contributed by atoms with Gasteiger partial charge in [-0.05, 0) is 19.1 Å². The molecule has 1 aromatic rings. The number of benzene rings is 1. The Hall–Kier alpha value is -1.61. The van der Waals surface area contributed by atoms with Gasteiger partial charge in [-0.2, -0.15) is 5.26 Å². The van der Waals surface area contributed by atoms with Gasteiger partial charge in [0.1, 0.15) is 0 Å². The molecule has 5 nitrogen and oxygen atoms in total. The van der Waals surface area contributed by atoms with Gasteiger partial charge in [0.25, 0.3) is 0 Å². The molecule has 0 aliphatic carbocycles. The van der Waals surface area contributed by atoms with Crippen molar-refractivity contribution >= 4 is 5.69 Å². The minimum Gasteiger partial charge on any atom is -0.394 e. The number of hydrogen-bond donors (Lipinski definition) is 2. The molecular weight excluding hydrogens is 244 g/mol. The molecule has 0 aromatic heterocycles. The van der Waals surface area contributed by atoms with Crippen molar-refractivity contribution in [3.05, 3.63) is 29.3 Å². The van der Waals surface area contributed by atoms with Crippen LogP contribution in [0.2, 0.25) is 0 Å². The highest BCUT2D eigenvalue weighted by Crippen LogP contribution is 2.29. The molecule has 1 aliphatic rings. The van der Waals surface area contributed by atoms with E-state index in [1.165, 1.54) is 0 Å². The van der Waals surface area contributed by atoms with Gasteiger partial charge in [-0.15, -0.1) is 0 Å².